The first-order valence-electron chi connectivity index (χ1n) is 7.86. The Morgan fingerprint density at radius 2 is 2.00 bits per heavy atom. The summed E-state index contributed by atoms with van der Waals surface area (Å²) in [5.74, 6) is -0.316. The lowest BCUT2D eigenvalue weighted by Gasteiger charge is -2.16. The molecule has 1 aromatic heterocycles. The third-order valence-corrected chi connectivity index (χ3v) is 3.62. The van der Waals surface area contributed by atoms with Crippen molar-refractivity contribution < 1.29 is 4.79 Å². The molecule has 1 aromatic carbocycles. The highest BCUT2D eigenvalue weighted by Gasteiger charge is 2.16. The summed E-state index contributed by atoms with van der Waals surface area (Å²) in [5.41, 5.74) is 15.7. The third-order valence-electron chi connectivity index (χ3n) is 3.62. The van der Waals surface area contributed by atoms with Crippen LogP contribution in [0.2, 0.25) is 0 Å². The number of rotatable bonds is 6. The molecule has 0 saturated carbocycles. The Labute approximate surface area is 142 Å². The third kappa shape index (κ3) is 3.65. The van der Waals surface area contributed by atoms with E-state index in [0.29, 0.717) is 23.5 Å². The highest BCUT2D eigenvalue weighted by atomic mass is 16.2. The number of nitrogen functional groups attached to an aromatic ring is 1. The van der Waals surface area contributed by atoms with Crippen LogP contribution in [0.3, 0.4) is 0 Å². The quantitative estimate of drug-likeness (QED) is 0.478. The molecule has 6 nitrogen and oxygen atoms in total. The van der Waals surface area contributed by atoms with Crippen LogP contribution in [0.4, 0.5) is 5.69 Å². The predicted octanol–water partition coefficient (Wildman–Crippen LogP) is 1.70. The maximum atomic E-state index is 12.2. The summed E-state index contributed by atoms with van der Waals surface area (Å²) in [4.78, 5) is 16.5. The second kappa shape index (κ2) is 8.01. The maximum absolute atomic E-state index is 12.2. The van der Waals surface area contributed by atoms with E-state index in [9.17, 15) is 4.79 Å². The van der Waals surface area contributed by atoms with Crippen molar-refractivity contribution in [1.29, 1.82) is 0 Å². The molecular formula is C18H23N5O. The van der Waals surface area contributed by atoms with Crippen molar-refractivity contribution in [2.45, 2.75) is 13.3 Å². The Bertz CT molecular complexity index is 740. The summed E-state index contributed by atoms with van der Waals surface area (Å²) in [6.45, 7) is 2.55. The Balaban J connectivity index is 2.48. The molecule has 0 spiro atoms. The van der Waals surface area contributed by atoms with Crippen molar-refractivity contribution >= 4 is 17.3 Å². The van der Waals surface area contributed by atoms with Crippen LogP contribution in [0.5, 0.6) is 0 Å². The highest BCUT2D eigenvalue weighted by molar-refractivity contribution is 6.01. The van der Waals surface area contributed by atoms with Crippen molar-refractivity contribution in [1.82, 2.24) is 15.6 Å². The summed E-state index contributed by atoms with van der Waals surface area (Å²) in [6, 6.07) is 11.2. The topological polar surface area (TPSA) is 106 Å². The van der Waals surface area contributed by atoms with E-state index in [4.69, 9.17) is 11.5 Å². The van der Waals surface area contributed by atoms with Crippen LogP contribution in [0.1, 0.15) is 18.9 Å². The number of amides is 1. The second-order valence-electron chi connectivity index (χ2n) is 5.28. The standard InChI is InChI=1S/C18H23N5O/c1-3-10-23-18(24)16(20)17(21-2)13-8-6-7-12(15(13)19)14-9-4-5-11-22-14/h4-9,11,21H,3,10,19-20H2,1-2H3,(H,23,24)/b17-16+. The van der Waals surface area contributed by atoms with Gasteiger partial charge in [-0.05, 0) is 18.6 Å². The average Bonchev–Trinajstić information content (AvgIpc) is 2.62. The first-order valence-corrected chi connectivity index (χ1v) is 7.86. The van der Waals surface area contributed by atoms with Gasteiger partial charge in [0.05, 0.1) is 17.1 Å². The molecule has 0 aliphatic heterocycles. The van der Waals surface area contributed by atoms with Crippen LogP contribution in [-0.2, 0) is 4.79 Å². The van der Waals surface area contributed by atoms with E-state index in [0.717, 1.165) is 17.7 Å². The molecule has 0 saturated heterocycles. The van der Waals surface area contributed by atoms with E-state index in [1.807, 2.05) is 43.3 Å². The molecule has 2 aromatic rings. The van der Waals surface area contributed by atoms with Crippen molar-refractivity contribution in [3.63, 3.8) is 0 Å². The molecule has 0 fully saturated rings. The minimum Gasteiger partial charge on any atom is -0.398 e. The van der Waals surface area contributed by atoms with Gasteiger partial charge in [-0.15, -0.1) is 0 Å². The van der Waals surface area contributed by atoms with Crippen LogP contribution >= 0.6 is 0 Å². The van der Waals surface area contributed by atoms with E-state index < -0.39 is 0 Å². The van der Waals surface area contributed by atoms with Crippen LogP contribution in [-0.4, -0.2) is 24.5 Å². The number of nitrogens with zero attached hydrogens (tertiary/aromatic N) is 1. The predicted molar refractivity (Wildman–Crippen MR) is 97.6 cm³/mol. The van der Waals surface area contributed by atoms with E-state index in [1.165, 1.54) is 0 Å². The number of benzene rings is 1. The van der Waals surface area contributed by atoms with Crippen molar-refractivity contribution in [3.8, 4) is 11.3 Å². The summed E-state index contributed by atoms with van der Waals surface area (Å²) >= 11 is 0. The Morgan fingerprint density at radius 3 is 2.62 bits per heavy atom. The number of nitrogens with two attached hydrogens (primary N) is 2. The SMILES string of the molecule is CCCNC(=O)/C(N)=C(\NC)c1cccc(-c2ccccn2)c1N. The molecule has 0 aliphatic rings. The fourth-order valence-electron chi connectivity index (χ4n) is 2.39. The van der Waals surface area contributed by atoms with Gasteiger partial charge in [0.2, 0.25) is 0 Å². The minimum absolute atomic E-state index is 0.107. The number of para-hydroxylation sites is 1. The molecule has 0 bridgehead atoms. The number of nitrogens with one attached hydrogen (secondary N) is 2. The molecule has 1 amide bonds. The molecule has 0 radical (unpaired) electrons. The largest absolute Gasteiger partial charge is 0.398 e. The van der Waals surface area contributed by atoms with Gasteiger partial charge in [0.25, 0.3) is 5.91 Å². The van der Waals surface area contributed by atoms with Gasteiger partial charge in [-0.1, -0.05) is 31.2 Å². The zero-order valence-corrected chi connectivity index (χ0v) is 14.0. The number of anilines is 1. The Morgan fingerprint density at radius 1 is 1.21 bits per heavy atom. The fourth-order valence-corrected chi connectivity index (χ4v) is 2.39. The van der Waals surface area contributed by atoms with Gasteiger partial charge in [0, 0.05) is 30.9 Å². The Hall–Kier alpha value is -3.02. The van der Waals surface area contributed by atoms with Gasteiger partial charge < -0.3 is 22.1 Å². The fraction of sp³-hybridized carbons (Fsp3) is 0.222. The molecule has 126 valence electrons. The summed E-state index contributed by atoms with van der Waals surface area (Å²) in [5, 5.41) is 5.76. The maximum Gasteiger partial charge on any atom is 0.269 e. The minimum atomic E-state index is -0.316. The lowest BCUT2D eigenvalue weighted by molar-refractivity contribution is -0.117. The van der Waals surface area contributed by atoms with Crippen molar-refractivity contribution in [3.05, 3.63) is 53.9 Å². The number of pyridine rings is 1. The summed E-state index contributed by atoms with van der Waals surface area (Å²) in [6.07, 6.45) is 2.55. The van der Waals surface area contributed by atoms with Gasteiger partial charge in [0.1, 0.15) is 5.70 Å². The molecule has 0 aliphatic carbocycles. The number of carbonyl (C=O) groups is 1. The number of carbonyl (C=O) groups excluding carboxylic acids is 1. The van der Waals surface area contributed by atoms with Gasteiger partial charge >= 0.3 is 0 Å². The smallest absolute Gasteiger partial charge is 0.269 e. The average molecular weight is 325 g/mol. The second-order valence-corrected chi connectivity index (χ2v) is 5.28. The molecule has 0 unspecified atom stereocenters. The first kappa shape index (κ1) is 17.3. The van der Waals surface area contributed by atoms with E-state index in [2.05, 4.69) is 15.6 Å². The lowest BCUT2D eigenvalue weighted by atomic mass is 10.0. The van der Waals surface area contributed by atoms with Gasteiger partial charge in [0.15, 0.2) is 0 Å². The zero-order valence-electron chi connectivity index (χ0n) is 14.0. The monoisotopic (exact) mass is 325 g/mol. The summed E-state index contributed by atoms with van der Waals surface area (Å²) in [7, 11) is 1.71. The van der Waals surface area contributed by atoms with E-state index in [-0.39, 0.29) is 11.6 Å². The van der Waals surface area contributed by atoms with Crippen molar-refractivity contribution in [2.75, 3.05) is 19.3 Å². The van der Waals surface area contributed by atoms with Gasteiger partial charge in [-0.2, -0.15) is 0 Å². The van der Waals surface area contributed by atoms with Crippen LogP contribution in [0, 0.1) is 0 Å². The molecule has 2 rings (SSSR count). The number of aromatic nitrogens is 1. The molecule has 1 heterocycles. The zero-order chi connectivity index (χ0) is 17.5. The summed E-state index contributed by atoms with van der Waals surface area (Å²) < 4.78 is 0. The van der Waals surface area contributed by atoms with Gasteiger partial charge in [-0.25, -0.2) is 0 Å². The van der Waals surface area contributed by atoms with E-state index in [1.54, 1.807) is 13.2 Å². The molecule has 6 heteroatoms. The van der Waals surface area contributed by atoms with Crippen LogP contribution in [0.15, 0.2) is 48.3 Å². The highest BCUT2D eigenvalue weighted by Crippen LogP contribution is 2.30. The molecule has 6 N–H and O–H groups in total. The number of hydrogen-bond donors (Lipinski definition) is 4. The number of hydrogen-bond acceptors (Lipinski definition) is 5. The lowest BCUT2D eigenvalue weighted by Crippen LogP contribution is -2.32. The Kier molecular flexibility index (Phi) is 5.78. The van der Waals surface area contributed by atoms with Crippen LogP contribution in [0.25, 0.3) is 17.0 Å². The molecule has 0 atom stereocenters. The first-order chi connectivity index (χ1) is 11.6. The normalized spacial score (nSPS) is 11.6. The van der Waals surface area contributed by atoms with E-state index >= 15 is 0 Å². The molecule has 24 heavy (non-hydrogen) atoms. The van der Waals surface area contributed by atoms with Crippen LogP contribution < -0.4 is 22.1 Å². The molecular weight excluding hydrogens is 302 g/mol. The van der Waals surface area contributed by atoms with Gasteiger partial charge in [-0.3, -0.25) is 9.78 Å². The van der Waals surface area contributed by atoms with Crippen molar-refractivity contribution in [2.24, 2.45) is 5.73 Å².